The van der Waals surface area contributed by atoms with Crippen molar-refractivity contribution in [3.8, 4) is 0 Å². The van der Waals surface area contributed by atoms with Crippen molar-refractivity contribution in [2.45, 2.75) is 13.5 Å². The topological polar surface area (TPSA) is 52.2 Å². The van der Waals surface area contributed by atoms with Crippen molar-refractivity contribution >= 4 is 17.2 Å². The zero-order valence-corrected chi connectivity index (χ0v) is 12.3. The molecule has 0 unspecified atom stereocenters. The van der Waals surface area contributed by atoms with Gasteiger partial charge in [0.2, 0.25) is 0 Å². The van der Waals surface area contributed by atoms with E-state index >= 15 is 0 Å². The first-order chi connectivity index (χ1) is 9.74. The molecule has 0 aromatic carbocycles. The fraction of sp³-hybridized carbons (Fsp3) is 0.429. The zero-order chi connectivity index (χ0) is 13.9. The Kier molecular flexibility index (Phi) is 3.84. The first-order valence-electron chi connectivity index (χ1n) is 6.76. The molecule has 0 aliphatic carbocycles. The third-order valence-corrected chi connectivity index (χ3v) is 4.44. The van der Waals surface area contributed by atoms with Crippen LogP contribution in [0.1, 0.15) is 21.6 Å². The summed E-state index contributed by atoms with van der Waals surface area (Å²) >= 11 is 1.73. The summed E-state index contributed by atoms with van der Waals surface area (Å²) in [6.45, 7) is 6.29. The van der Waals surface area contributed by atoms with Crippen molar-refractivity contribution in [3.63, 3.8) is 0 Å². The minimum absolute atomic E-state index is 0.0893. The minimum atomic E-state index is 0.0893. The number of aromatic amines is 1. The number of nitrogens with zero attached hydrogens (tertiary/aromatic N) is 3. The second kappa shape index (κ2) is 5.76. The number of nitrogens with one attached hydrogen (secondary N) is 1. The Morgan fingerprint density at radius 3 is 2.80 bits per heavy atom. The van der Waals surface area contributed by atoms with E-state index in [-0.39, 0.29) is 5.91 Å². The third kappa shape index (κ3) is 2.76. The molecule has 5 nitrogen and oxygen atoms in total. The molecule has 106 valence electrons. The van der Waals surface area contributed by atoms with Gasteiger partial charge in [-0.1, -0.05) is 0 Å². The normalized spacial score (nSPS) is 16.6. The maximum absolute atomic E-state index is 12.4. The summed E-state index contributed by atoms with van der Waals surface area (Å²) in [6.07, 6.45) is 1.62. The number of carbonyl (C=O) groups is 1. The lowest BCUT2D eigenvalue weighted by Crippen LogP contribution is -2.48. The molecule has 3 heterocycles. The molecule has 0 saturated carbocycles. The molecule has 3 rings (SSSR count). The standard InChI is InChI=1S/C14H18N4OS/c1-11-13(8-15-16-11)14(19)18-5-3-17(4-6-18)9-12-2-7-20-10-12/h2,7-8,10H,3-6,9H2,1H3,(H,15,16). The molecule has 20 heavy (non-hydrogen) atoms. The molecule has 0 spiro atoms. The molecule has 0 atom stereocenters. The maximum atomic E-state index is 12.4. The van der Waals surface area contributed by atoms with Gasteiger partial charge in [0, 0.05) is 38.4 Å². The molecule has 1 N–H and O–H groups in total. The summed E-state index contributed by atoms with van der Waals surface area (Å²) in [7, 11) is 0. The largest absolute Gasteiger partial charge is 0.336 e. The fourth-order valence-corrected chi connectivity index (χ4v) is 3.15. The molecule has 1 amide bonds. The molecule has 1 saturated heterocycles. The average Bonchev–Trinajstić information content (AvgIpc) is 3.10. The van der Waals surface area contributed by atoms with Gasteiger partial charge in [0.25, 0.3) is 5.91 Å². The number of H-pyrrole nitrogens is 1. The lowest BCUT2D eigenvalue weighted by molar-refractivity contribution is 0.0628. The Morgan fingerprint density at radius 2 is 2.20 bits per heavy atom. The van der Waals surface area contributed by atoms with Crippen molar-refractivity contribution in [2.24, 2.45) is 0 Å². The second-order valence-electron chi connectivity index (χ2n) is 5.11. The minimum Gasteiger partial charge on any atom is -0.336 e. The van der Waals surface area contributed by atoms with Gasteiger partial charge in [0.15, 0.2) is 0 Å². The van der Waals surface area contributed by atoms with E-state index in [0.717, 1.165) is 38.4 Å². The number of hydrogen-bond donors (Lipinski definition) is 1. The Bertz CT molecular complexity index is 570. The van der Waals surface area contributed by atoms with Crippen LogP contribution in [-0.4, -0.2) is 52.1 Å². The Labute approximate surface area is 122 Å². The van der Waals surface area contributed by atoms with Gasteiger partial charge in [-0.25, -0.2) is 0 Å². The van der Waals surface area contributed by atoms with E-state index in [1.54, 1.807) is 17.5 Å². The highest BCUT2D eigenvalue weighted by atomic mass is 32.1. The third-order valence-electron chi connectivity index (χ3n) is 3.71. The van der Waals surface area contributed by atoms with E-state index in [9.17, 15) is 4.79 Å². The number of piperazine rings is 1. The SMILES string of the molecule is Cc1[nH]ncc1C(=O)N1CCN(Cc2ccsc2)CC1. The van der Waals surface area contributed by atoms with Crippen LogP contribution in [0.5, 0.6) is 0 Å². The summed E-state index contributed by atoms with van der Waals surface area (Å²) in [6, 6.07) is 2.16. The van der Waals surface area contributed by atoms with Crippen LogP contribution in [-0.2, 0) is 6.54 Å². The van der Waals surface area contributed by atoms with Crippen molar-refractivity contribution in [3.05, 3.63) is 39.8 Å². The van der Waals surface area contributed by atoms with Crippen molar-refractivity contribution < 1.29 is 4.79 Å². The van der Waals surface area contributed by atoms with E-state index in [0.29, 0.717) is 5.56 Å². The number of aryl methyl sites for hydroxylation is 1. The van der Waals surface area contributed by atoms with Gasteiger partial charge >= 0.3 is 0 Å². The van der Waals surface area contributed by atoms with E-state index in [2.05, 4.69) is 31.9 Å². The van der Waals surface area contributed by atoms with Crippen molar-refractivity contribution in [1.82, 2.24) is 20.0 Å². The number of rotatable bonds is 3. The Hall–Kier alpha value is -1.66. The highest BCUT2D eigenvalue weighted by molar-refractivity contribution is 7.07. The van der Waals surface area contributed by atoms with E-state index in [1.807, 2.05) is 11.8 Å². The molecule has 1 aliphatic rings. The highest BCUT2D eigenvalue weighted by Crippen LogP contribution is 2.14. The lowest BCUT2D eigenvalue weighted by Gasteiger charge is -2.34. The van der Waals surface area contributed by atoms with Crippen LogP contribution in [0.2, 0.25) is 0 Å². The summed E-state index contributed by atoms with van der Waals surface area (Å²) in [5, 5.41) is 11.0. The number of aromatic nitrogens is 2. The molecule has 0 bridgehead atoms. The number of amides is 1. The monoisotopic (exact) mass is 290 g/mol. The van der Waals surface area contributed by atoms with Crippen LogP contribution in [0.15, 0.2) is 23.0 Å². The molecule has 0 radical (unpaired) electrons. The average molecular weight is 290 g/mol. The summed E-state index contributed by atoms with van der Waals surface area (Å²) in [5.41, 5.74) is 2.90. The molecular formula is C14H18N4OS. The predicted molar refractivity (Wildman–Crippen MR) is 78.8 cm³/mol. The van der Waals surface area contributed by atoms with Crippen LogP contribution in [0.25, 0.3) is 0 Å². The first-order valence-corrected chi connectivity index (χ1v) is 7.71. The predicted octanol–water partition coefficient (Wildman–Crippen LogP) is 1.74. The maximum Gasteiger partial charge on any atom is 0.257 e. The van der Waals surface area contributed by atoms with Gasteiger partial charge < -0.3 is 4.90 Å². The Morgan fingerprint density at radius 1 is 1.40 bits per heavy atom. The van der Waals surface area contributed by atoms with Gasteiger partial charge in [-0.15, -0.1) is 0 Å². The second-order valence-corrected chi connectivity index (χ2v) is 5.89. The van der Waals surface area contributed by atoms with Crippen LogP contribution in [0, 0.1) is 6.92 Å². The lowest BCUT2D eigenvalue weighted by atomic mass is 10.2. The fourth-order valence-electron chi connectivity index (χ4n) is 2.49. The van der Waals surface area contributed by atoms with E-state index in [4.69, 9.17) is 0 Å². The summed E-state index contributed by atoms with van der Waals surface area (Å²) in [4.78, 5) is 16.7. The van der Waals surface area contributed by atoms with E-state index in [1.165, 1.54) is 5.56 Å². The summed E-state index contributed by atoms with van der Waals surface area (Å²) in [5.74, 6) is 0.0893. The van der Waals surface area contributed by atoms with Crippen LogP contribution < -0.4 is 0 Å². The molecule has 1 fully saturated rings. The number of carbonyl (C=O) groups excluding carboxylic acids is 1. The molecular weight excluding hydrogens is 272 g/mol. The highest BCUT2D eigenvalue weighted by Gasteiger charge is 2.23. The molecule has 2 aromatic rings. The van der Waals surface area contributed by atoms with Gasteiger partial charge in [0.1, 0.15) is 0 Å². The molecule has 1 aliphatic heterocycles. The van der Waals surface area contributed by atoms with Crippen LogP contribution in [0.3, 0.4) is 0 Å². The Balaban J connectivity index is 1.56. The zero-order valence-electron chi connectivity index (χ0n) is 11.5. The smallest absolute Gasteiger partial charge is 0.257 e. The van der Waals surface area contributed by atoms with Crippen LogP contribution in [0.4, 0.5) is 0 Å². The quantitative estimate of drug-likeness (QED) is 0.937. The molecule has 2 aromatic heterocycles. The number of hydrogen-bond acceptors (Lipinski definition) is 4. The van der Waals surface area contributed by atoms with Crippen molar-refractivity contribution in [2.75, 3.05) is 26.2 Å². The molecule has 6 heteroatoms. The van der Waals surface area contributed by atoms with Crippen molar-refractivity contribution in [1.29, 1.82) is 0 Å². The van der Waals surface area contributed by atoms with Gasteiger partial charge in [-0.3, -0.25) is 14.8 Å². The first kappa shape index (κ1) is 13.3. The summed E-state index contributed by atoms with van der Waals surface area (Å²) < 4.78 is 0. The van der Waals surface area contributed by atoms with Gasteiger partial charge in [0.05, 0.1) is 11.8 Å². The number of thiophene rings is 1. The van der Waals surface area contributed by atoms with Crippen LogP contribution >= 0.6 is 11.3 Å². The van der Waals surface area contributed by atoms with Gasteiger partial charge in [-0.2, -0.15) is 16.4 Å². The van der Waals surface area contributed by atoms with E-state index < -0.39 is 0 Å². The van der Waals surface area contributed by atoms with Gasteiger partial charge in [-0.05, 0) is 29.3 Å².